The maximum absolute atomic E-state index is 11.9. The maximum Gasteiger partial charge on any atom is 0.222 e. The number of benzene rings is 1. The fraction of sp³-hybridized carbons (Fsp3) is 0.571. The first-order chi connectivity index (χ1) is 12.9. The minimum Gasteiger partial charge on any atom is -0.365 e. The molecule has 4 rings (SSSR count). The van der Waals surface area contributed by atoms with E-state index in [1.165, 1.54) is 11.3 Å². The van der Waals surface area contributed by atoms with E-state index in [4.69, 9.17) is 0 Å². The van der Waals surface area contributed by atoms with E-state index in [1.807, 2.05) is 9.58 Å². The lowest BCUT2D eigenvalue weighted by atomic mass is 9.98. The third kappa shape index (κ3) is 3.70. The Hall–Kier alpha value is -2.37. The van der Waals surface area contributed by atoms with Crippen molar-refractivity contribution in [1.29, 1.82) is 0 Å². The molecule has 6 nitrogen and oxygen atoms in total. The SMILES string of the molecule is CC(C)(C)n1cc(CN2CC(CCN3CCCC3=O)c3ccccc32)nn1. The highest BCUT2D eigenvalue weighted by atomic mass is 16.2. The van der Waals surface area contributed by atoms with Crippen LogP contribution in [0.2, 0.25) is 0 Å². The van der Waals surface area contributed by atoms with E-state index in [0.29, 0.717) is 11.8 Å². The van der Waals surface area contributed by atoms with Crippen molar-refractivity contribution in [2.24, 2.45) is 0 Å². The lowest BCUT2D eigenvalue weighted by molar-refractivity contribution is -0.127. The first kappa shape index (κ1) is 18.0. The van der Waals surface area contributed by atoms with Gasteiger partial charge in [-0.05, 0) is 45.2 Å². The number of hydrogen-bond donors (Lipinski definition) is 0. The molecule has 6 heteroatoms. The summed E-state index contributed by atoms with van der Waals surface area (Å²) in [5, 5.41) is 8.68. The second-order valence-corrected chi connectivity index (χ2v) is 8.73. The number of carbonyl (C=O) groups is 1. The molecule has 1 aromatic carbocycles. The second-order valence-electron chi connectivity index (χ2n) is 8.73. The predicted molar refractivity (Wildman–Crippen MR) is 106 cm³/mol. The van der Waals surface area contributed by atoms with E-state index in [-0.39, 0.29) is 5.54 Å². The summed E-state index contributed by atoms with van der Waals surface area (Å²) in [5.74, 6) is 0.782. The van der Waals surface area contributed by atoms with Gasteiger partial charge >= 0.3 is 0 Å². The third-order valence-corrected chi connectivity index (χ3v) is 5.66. The fourth-order valence-electron chi connectivity index (χ4n) is 4.13. The summed E-state index contributed by atoms with van der Waals surface area (Å²) in [6.45, 7) is 9.93. The molecule has 1 aromatic heterocycles. The molecule has 0 N–H and O–H groups in total. The number of anilines is 1. The van der Waals surface area contributed by atoms with Crippen molar-refractivity contribution in [3.63, 3.8) is 0 Å². The third-order valence-electron chi connectivity index (χ3n) is 5.66. The molecule has 1 unspecified atom stereocenters. The van der Waals surface area contributed by atoms with Gasteiger partial charge in [0.1, 0.15) is 5.69 Å². The summed E-state index contributed by atoms with van der Waals surface area (Å²) >= 11 is 0. The Labute approximate surface area is 161 Å². The van der Waals surface area contributed by atoms with Crippen molar-refractivity contribution < 1.29 is 4.79 Å². The van der Waals surface area contributed by atoms with Crippen LogP contribution in [0.15, 0.2) is 30.5 Å². The lowest BCUT2D eigenvalue weighted by Gasteiger charge is -2.20. The smallest absolute Gasteiger partial charge is 0.222 e. The predicted octanol–water partition coefficient (Wildman–Crippen LogP) is 3.15. The number of amides is 1. The van der Waals surface area contributed by atoms with Gasteiger partial charge in [0.05, 0.1) is 18.3 Å². The molecule has 1 saturated heterocycles. The molecule has 0 bridgehead atoms. The van der Waals surface area contributed by atoms with E-state index in [1.54, 1.807) is 0 Å². The Morgan fingerprint density at radius 2 is 2.00 bits per heavy atom. The maximum atomic E-state index is 11.9. The molecule has 0 radical (unpaired) electrons. The highest BCUT2D eigenvalue weighted by molar-refractivity contribution is 5.78. The summed E-state index contributed by atoms with van der Waals surface area (Å²) in [4.78, 5) is 16.3. The number of aromatic nitrogens is 3. The molecule has 2 aliphatic rings. The Kier molecular flexibility index (Phi) is 4.66. The van der Waals surface area contributed by atoms with E-state index < -0.39 is 0 Å². The lowest BCUT2D eigenvalue weighted by Crippen LogP contribution is -2.28. The number of carbonyl (C=O) groups excluding carboxylic acids is 1. The van der Waals surface area contributed by atoms with Crippen molar-refractivity contribution >= 4 is 11.6 Å². The summed E-state index contributed by atoms with van der Waals surface area (Å²) in [6.07, 6.45) is 4.80. The van der Waals surface area contributed by atoms with E-state index >= 15 is 0 Å². The highest BCUT2D eigenvalue weighted by Crippen LogP contribution is 2.38. The van der Waals surface area contributed by atoms with Crippen LogP contribution in [0.5, 0.6) is 0 Å². The van der Waals surface area contributed by atoms with Crippen LogP contribution in [0.1, 0.15) is 57.2 Å². The molecule has 1 fully saturated rings. The molecule has 2 aromatic rings. The van der Waals surface area contributed by atoms with Gasteiger partial charge < -0.3 is 9.80 Å². The van der Waals surface area contributed by atoms with Gasteiger partial charge in [-0.3, -0.25) is 4.79 Å². The highest BCUT2D eigenvalue weighted by Gasteiger charge is 2.30. The minimum absolute atomic E-state index is 0.0566. The topological polar surface area (TPSA) is 54.3 Å². The first-order valence-corrected chi connectivity index (χ1v) is 9.95. The molecule has 1 atom stereocenters. The monoisotopic (exact) mass is 367 g/mol. The molecule has 3 heterocycles. The van der Waals surface area contributed by atoms with Crippen LogP contribution in [0.3, 0.4) is 0 Å². The Morgan fingerprint density at radius 1 is 1.19 bits per heavy atom. The molecular weight excluding hydrogens is 338 g/mol. The summed E-state index contributed by atoms with van der Waals surface area (Å²) in [5.41, 5.74) is 3.63. The summed E-state index contributed by atoms with van der Waals surface area (Å²) in [7, 11) is 0. The second kappa shape index (κ2) is 6.98. The molecule has 27 heavy (non-hydrogen) atoms. The van der Waals surface area contributed by atoms with Crippen LogP contribution in [-0.2, 0) is 16.9 Å². The zero-order valence-electron chi connectivity index (χ0n) is 16.6. The van der Waals surface area contributed by atoms with Gasteiger partial charge in [0.25, 0.3) is 0 Å². The van der Waals surface area contributed by atoms with E-state index in [0.717, 1.165) is 51.1 Å². The van der Waals surface area contributed by atoms with Gasteiger partial charge in [-0.15, -0.1) is 5.10 Å². The van der Waals surface area contributed by atoms with E-state index in [9.17, 15) is 4.79 Å². The normalized spacial score (nSPS) is 19.8. The van der Waals surface area contributed by atoms with Crippen LogP contribution in [-0.4, -0.2) is 45.4 Å². The van der Waals surface area contributed by atoms with Gasteiger partial charge in [-0.1, -0.05) is 23.4 Å². The standard InChI is InChI=1S/C21H29N5O/c1-21(2,3)26-15-17(22-23-26)14-25-13-16(18-7-4-5-8-19(18)25)10-12-24-11-6-9-20(24)27/h4-5,7-8,15-16H,6,9-14H2,1-3H3. The summed E-state index contributed by atoms with van der Waals surface area (Å²) < 4.78 is 1.93. The van der Waals surface area contributed by atoms with E-state index in [2.05, 4.69) is 66.4 Å². The number of likely N-dealkylation sites (tertiary alicyclic amines) is 1. The average Bonchev–Trinajstić information content (AvgIpc) is 3.33. The van der Waals surface area contributed by atoms with Crippen molar-refractivity contribution in [2.45, 2.75) is 58.0 Å². The van der Waals surface area contributed by atoms with Gasteiger partial charge in [0, 0.05) is 37.7 Å². The minimum atomic E-state index is -0.0566. The zero-order chi connectivity index (χ0) is 19.0. The van der Waals surface area contributed by atoms with Crippen LogP contribution in [0, 0.1) is 0 Å². The van der Waals surface area contributed by atoms with Crippen molar-refractivity contribution in [1.82, 2.24) is 19.9 Å². The Balaban J connectivity index is 1.46. The molecule has 0 spiro atoms. The first-order valence-electron chi connectivity index (χ1n) is 9.95. The molecule has 0 aliphatic carbocycles. The molecule has 2 aliphatic heterocycles. The molecule has 1 amide bonds. The molecule has 0 saturated carbocycles. The van der Waals surface area contributed by atoms with Crippen molar-refractivity contribution in [3.8, 4) is 0 Å². The number of nitrogens with zero attached hydrogens (tertiary/aromatic N) is 5. The van der Waals surface area contributed by atoms with Crippen LogP contribution < -0.4 is 4.90 Å². The molecule has 144 valence electrons. The van der Waals surface area contributed by atoms with Crippen LogP contribution in [0.25, 0.3) is 0 Å². The van der Waals surface area contributed by atoms with Crippen molar-refractivity contribution in [2.75, 3.05) is 24.5 Å². The average molecular weight is 367 g/mol. The molecular formula is C21H29N5O. The van der Waals surface area contributed by atoms with Gasteiger partial charge in [-0.2, -0.15) is 0 Å². The Bertz CT molecular complexity index is 822. The van der Waals surface area contributed by atoms with Gasteiger partial charge in [0.2, 0.25) is 5.91 Å². The number of fused-ring (bicyclic) bond motifs is 1. The number of rotatable bonds is 5. The van der Waals surface area contributed by atoms with Gasteiger partial charge in [0.15, 0.2) is 0 Å². The fourth-order valence-corrected chi connectivity index (χ4v) is 4.13. The quantitative estimate of drug-likeness (QED) is 0.815. The zero-order valence-corrected chi connectivity index (χ0v) is 16.6. The number of para-hydroxylation sites is 1. The van der Waals surface area contributed by atoms with Crippen LogP contribution in [0.4, 0.5) is 5.69 Å². The largest absolute Gasteiger partial charge is 0.365 e. The summed E-state index contributed by atoms with van der Waals surface area (Å²) in [6, 6.07) is 8.65. The number of hydrogen-bond acceptors (Lipinski definition) is 4. The van der Waals surface area contributed by atoms with Crippen molar-refractivity contribution in [3.05, 3.63) is 41.7 Å². The van der Waals surface area contributed by atoms with Crippen LogP contribution >= 0.6 is 0 Å². The van der Waals surface area contributed by atoms with Gasteiger partial charge in [-0.25, -0.2) is 4.68 Å². The Morgan fingerprint density at radius 3 is 2.70 bits per heavy atom.